The normalized spacial score (nSPS) is 13.5. The third-order valence-corrected chi connectivity index (χ3v) is 6.67. The van der Waals surface area contributed by atoms with Crippen molar-refractivity contribution in [2.75, 3.05) is 11.9 Å². The number of carboxylic acid groups (broad SMARTS) is 1. The van der Waals surface area contributed by atoms with Gasteiger partial charge in [0.2, 0.25) is 0 Å². The topological polar surface area (TPSA) is 109 Å². The van der Waals surface area contributed by atoms with E-state index in [4.69, 9.17) is 4.98 Å². The fourth-order valence-corrected chi connectivity index (χ4v) is 4.58. The summed E-state index contributed by atoms with van der Waals surface area (Å²) in [5.41, 5.74) is 4.80. The first-order valence-electron chi connectivity index (χ1n) is 12.8. The molecule has 0 bridgehead atoms. The Morgan fingerprint density at radius 1 is 1.06 bits per heavy atom. The second-order valence-electron chi connectivity index (χ2n) is 9.49. The van der Waals surface area contributed by atoms with Gasteiger partial charge in [-0.2, -0.15) is 5.10 Å². The summed E-state index contributed by atoms with van der Waals surface area (Å²) >= 11 is 0. The molecule has 1 aliphatic heterocycles. The highest BCUT2D eigenvalue weighted by atomic mass is 16.4. The summed E-state index contributed by atoms with van der Waals surface area (Å²) in [6.07, 6.45) is 12.2. The molecule has 1 aromatic carbocycles. The van der Waals surface area contributed by atoms with E-state index in [9.17, 15) is 14.7 Å². The van der Waals surface area contributed by atoms with Crippen molar-refractivity contribution in [3.63, 3.8) is 0 Å². The van der Waals surface area contributed by atoms with Crippen molar-refractivity contribution < 1.29 is 14.7 Å². The molecule has 2 aromatic heterocycles. The van der Waals surface area contributed by atoms with Crippen LogP contribution >= 0.6 is 0 Å². The molecule has 3 heterocycles. The molecular weight excluding hydrogens is 454 g/mol. The highest BCUT2D eigenvalue weighted by Gasteiger charge is 2.20. The highest BCUT2D eigenvalue weighted by molar-refractivity contribution is 5.97. The van der Waals surface area contributed by atoms with E-state index in [0.717, 1.165) is 74.1 Å². The number of anilines is 1. The van der Waals surface area contributed by atoms with Gasteiger partial charge >= 0.3 is 5.97 Å². The van der Waals surface area contributed by atoms with Crippen molar-refractivity contribution in [3.8, 4) is 11.1 Å². The van der Waals surface area contributed by atoms with Crippen molar-refractivity contribution in [2.24, 2.45) is 7.05 Å². The lowest BCUT2D eigenvalue weighted by Gasteiger charge is -2.17. The molecule has 8 heteroatoms. The maximum atomic E-state index is 12.6. The molecule has 0 fully saturated rings. The zero-order chi connectivity index (χ0) is 25.3. The van der Waals surface area contributed by atoms with Gasteiger partial charge in [-0.15, -0.1) is 0 Å². The van der Waals surface area contributed by atoms with E-state index in [1.54, 1.807) is 23.0 Å². The zero-order valence-corrected chi connectivity index (χ0v) is 20.9. The lowest BCUT2D eigenvalue weighted by atomic mass is 10.0. The smallest absolute Gasteiger partial charge is 0.326 e. The Bertz CT molecular complexity index is 1170. The number of rotatable bonds is 12. The minimum absolute atomic E-state index is 0.368. The molecule has 4 rings (SSSR count). The molecule has 1 unspecified atom stereocenters. The number of carboxylic acids is 1. The molecule has 1 amide bonds. The lowest BCUT2D eigenvalue weighted by molar-refractivity contribution is -0.139. The van der Waals surface area contributed by atoms with Gasteiger partial charge in [-0.05, 0) is 61.4 Å². The number of aryl methyl sites for hydroxylation is 3. The van der Waals surface area contributed by atoms with Gasteiger partial charge in [0.05, 0.1) is 6.20 Å². The minimum Gasteiger partial charge on any atom is -0.480 e. The number of nitrogens with one attached hydrogen (secondary N) is 2. The van der Waals surface area contributed by atoms with Crippen LogP contribution in [0.2, 0.25) is 0 Å². The Morgan fingerprint density at radius 3 is 2.58 bits per heavy atom. The summed E-state index contributed by atoms with van der Waals surface area (Å²) < 4.78 is 1.72. The average molecular weight is 490 g/mol. The van der Waals surface area contributed by atoms with Gasteiger partial charge < -0.3 is 15.7 Å². The van der Waals surface area contributed by atoms with Crippen molar-refractivity contribution in [2.45, 2.75) is 63.8 Å². The Hall–Kier alpha value is -3.68. The Labute approximate surface area is 212 Å². The number of amides is 1. The van der Waals surface area contributed by atoms with Crippen molar-refractivity contribution in [1.29, 1.82) is 0 Å². The summed E-state index contributed by atoms with van der Waals surface area (Å²) in [5.74, 6) is -0.320. The SMILES string of the molecule is Cn1cc(-c2ccc(C(=O)NC(CCCCCCCc3ccc4c(n3)NCCC4)C(=O)O)cc2)cn1. The van der Waals surface area contributed by atoms with E-state index in [-0.39, 0.29) is 5.91 Å². The molecule has 3 N–H and O–H groups in total. The zero-order valence-electron chi connectivity index (χ0n) is 20.9. The summed E-state index contributed by atoms with van der Waals surface area (Å²) in [6, 6.07) is 10.6. The quantitative estimate of drug-likeness (QED) is 0.321. The molecular formula is C28H35N5O3. The number of aromatic nitrogens is 3. The Balaban J connectivity index is 1.15. The number of nitrogens with zero attached hydrogens (tertiary/aromatic N) is 3. The molecule has 0 spiro atoms. The fourth-order valence-electron chi connectivity index (χ4n) is 4.58. The maximum absolute atomic E-state index is 12.6. The molecule has 3 aromatic rings. The number of unbranched alkanes of at least 4 members (excludes halogenated alkanes) is 4. The number of fused-ring (bicyclic) bond motifs is 1. The molecule has 1 aliphatic rings. The van der Waals surface area contributed by atoms with Crippen molar-refractivity contribution in [1.82, 2.24) is 20.1 Å². The third kappa shape index (κ3) is 6.93. The number of carbonyl (C=O) groups excluding carboxylic acids is 1. The molecule has 0 aliphatic carbocycles. The first-order chi connectivity index (χ1) is 17.5. The number of carbonyl (C=O) groups is 2. The van der Waals surface area contributed by atoms with Crippen molar-refractivity contribution >= 4 is 17.7 Å². The second-order valence-corrected chi connectivity index (χ2v) is 9.49. The van der Waals surface area contributed by atoms with Gasteiger partial charge in [0.25, 0.3) is 5.91 Å². The molecule has 0 radical (unpaired) electrons. The van der Waals surface area contributed by atoms with Gasteiger partial charge in [0.15, 0.2) is 0 Å². The Morgan fingerprint density at radius 2 is 1.83 bits per heavy atom. The van der Waals surface area contributed by atoms with Crippen molar-refractivity contribution in [3.05, 3.63) is 65.6 Å². The van der Waals surface area contributed by atoms with Crippen LogP contribution in [0.3, 0.4) is 0 Å². The first kappa shape index (κ1) is 25.4. The molecule has 8 nitrogen and oxygen atoms in total. The van der Waals surface area contributed by atoms with Crippen LogP contribution in [0, 0.1) is 0 Å². The Kier molecular flexibility index (Phi) is 8.71. The van der Waals surface area contributed by atoms with Crippen LogP contribution in [0.1, 0.15) is 66.6 Å². The first-order valence-corrected chi connectivity index (χ1v) is 12.8. The average Bonchev–Trinajstić information content (AvgIpc) is 3.33. The number of benzene rings is 1. The minimum atomic E-state index is -0.998. The van der Waals surface area contributed by atoms with E-state index in [1.165, 1.54) is 12.0 Å². The van der Waals surface area contributed by atoms with Crippen LogP contribution < -0.4 is 10.6 Å². The van der Waals surface area contributed by atoms with Gasteiger partial charge in [-0.25, -0.2) is 9.78 Å². The van der Waals surface area contributed by atoms with Crippen LogP contribution in [-0.2, 0) is 24.7 Å². The van der Waals surface area contributed by atoms with Gasteiger partial charge in [-0.1, -0.05) is 43.9 Å². The monoisotopic (exact) mass is 489 g/mol. The second kappa shape index (κ2) is 12.3. The highest BCUT2D eigenvalue weighted by Crippen LogP contribution is 2.21. The molecule has 1 atom stereocenters. The number of hydrogen-bond acceptors (Lipinski definition) is 5. The summed E-state index contributed by atoms with van der Waals surface area (Å²) in [7, 11) is 1.85. The van der Waals surface area contributed by atoms with E-state index < -0.39 is 12.0 Å². The van der Waals surface area contributed by atoms with E-state index in [2.05, 4.69) is 27.9 Å². The largest absolute Gasteiger partial charge is 0.480 e. The van der Waals surface area contributed by atoms with Crippen LogP contribution in [0.5, 0.6) is 0 Å². The molecule has 0 saturated heterocycles. The number of aliphatic carboxylic acids is 1. The van der Waals surface area contributed by atoms with Gasteiger partial charge in [-0.3, -0.25) is 9.48 Å². The van der Waals surface area contributed by atoms with Crippen LogP contribution in [0.15, 0.2) is 48.8 Å². The van der Waals surface area contributed by atoms with Crippen LogP contribution in [-0.4, -0.2) is 44.3 Å². The molecule has 0 saturated carbocycles. The van der Waals surface area contributed by atoms with Crippen LogP contribution in [0.25, 0.3) is 11.1 Å². The number of hydrogen-bond donors (Lipinski definition) is 3. The number of pyridine rings is 1. The van der Waals surface area contributed by atoms with E-state index in [0.29, 0.717) is 12.0 Å². The third-order valence-electron chi connectivity index (χ3n) is 6.67. The van der Waals surface area contributed by atoms with Crippen LogP contribution in [0.4, 0.5) is 5.82 Å². The lowest BCUT2D eigenvalue weighted by Crippen LogP contribution is -2.40. The summed E-state index contributed by atoms with van der Waals surface area (Å²) in [5, 5.41) is 19.8. The van der Waals surface area contributed by atoms with Gasteiger partial charge in [0.1, 0.15) is 11.9 Å². The van der Waals surface area contributed by atoms with Gasteiger partial charge in [0, 0.05) is 36.6 Å². The fraction of sp³-hybridized carbons (Fsp3) is 0.429. The predicted molar refractivity (Wildman–Crippen MR) is 140 cm³/mol. The predicted octanol–water partition coefficient (Wildman–Crippen LogP) is 4.61. The maximum Gasteiger partial charge on any atom is 0.326 e. The summed E-state index contributed by atoms with van der Waals surface area (Å²) in [6.45, 7) is 1.000. The summed E-state index contributed by atoms with van der Waals surface area (Å²) in [4.78, 5) is 29.0. The molecule has 36 heavy (non-hydrogen) atoms. The van der Waals surface area contributed by atoms with E-state index >= 15 is 0 Å². The molecule has 190 valence electrons. The standard InChI is InChI=1S/C28H35N5O3/c1-33-19-23(18-30-33)20-11-13-22(14-12-20)27(34)32-25(28(35)36)10-6-4-2-3-5-9-24-16-15-21-8-7-17-29-26(21)31-24/h11-16,18-19,25H,2-10,17H2,1H3,(H,29,31)(H,32,34)(H,35,36). The van der Waals surface area contributed by atoms with E-state index in [1.807, 2.05) is 25.4 Å².